The van der Waals surface area contributed by atoms with E-state index in [4.69, 9.17) is 5.11 Å². The molecule has 1 aliphatic rings. The van der Waals surface area contributed by atoms with E-state index in [0.29, 0.717) is 0 Å². The lowest BCUT2D eigenvalue weighted by Crippen LogP contribution is -2.36. The number of nitrogens with one attached hydrogen (secondary N) is 1. The Labute approximate surface area is 119 Å². The first kappa shape index (κ1) is 14.5. The topological polar surface area (TPSA) is 49.3 Å². The van der Waals surface area contributed by atoms with Gasteiger partial charge in [-0.3, -0.25) is 4.79 Å². The number of hydrogen-bond donors (Lipinski definition) is 2. The summed E-state index contributed by atoms with van der Waals surface area (Å²) in [6.45, 7) is 4.21. The molecule has 0 saturated heterocycles. The lowest BCUT2D eigenvalue weighted by atomic mass is 9.87. The average molecular weight is 281 g/mol. The summed E-state index contributed by atoms with van der Waals surface area (Å²) >= 11 is 1.63. The third-order valence-corrected chi connectivity index (χ3v) is 5.27. The van der Waals surface area contributed by atoms with Gasteiger partial charge in [-0.2, -0.15) is 0 Å². The number of fused-ring (bicyclic) bond motifs is 1. The van der Waals surface area contributed by atoms with Crippen LogP contribution in [0.4, 0.5) is 0 Å². The van der Waals surface area contributed by atoms with E-state index in [1.54, 1.807) is 11.3 Å². The van der Waals surface area contributed by atoms with Crippen molar-refractivity contribution in [2.45, 2.75) is 52.0 Å². The summed E-state index contributed by atoms with van der Waals surface area (Å²) in [6.07, 6.45) is 5.46. The van der Waals surface area contributed by atoms with Crippen molar-refractivity contribution in [2.24, 2.45) is 5.92 Å². The highest BCUT2D eigenvalue weighted by Crippen LogP contribution is 2.33. The van der Waals surface area contributed by atoms with E-state index in [0.717, 1.165) is 30.1 Å². The van der Waals surface area contributed by atoms with Crippen LogP contribution in [-0.2, 0) is 12.8 Å². The molecule has 19 heavy (non-hydrogen) atoms. The van der Waals surface area contributed by atoms with Gasteiger partial charge >= 0.3 is 0 Å². The van der Waals surface area contributed by atoms with Crippen LogP contribution in [0.3, 0.4) is 0 Å². The van der Waals surface area contributed by atoms with Crippen molar-refractivity contribution in [3.05, 3.63) is 21.4 Å². The van der Waals surface area contributed by atoms with Crippen LogP contribution in [0.5, 0.6) is 0 Å². The molecule has 0 bridgehead atoms. The Bertz CT molecular complexity index is 437. The molecule has 3 nitrogen and oxygen atoms in total. The largest absolute Gasteiger partial charge is 0.394 e. The summed E-state index contributed by atoms with van der Waals surface area (Å²) in [5, 5.41) is 12.0. The van der Waals surface area contributed by atoms with Gasteiger partial charge in [0.2, 0.25) is 0 Å². The van der Waals surface area contributed by atoms with Crippen LogP contribution in [0.25, 0.3) is 0 Å². The number of amides is 1. The van der Waals surface area contributed by atoms with E-state index >= 15 is 0 Å². The molecule has 0 radical (unpaired) electrons. The summed E-state index contributed by atoms with van der Waals surface area (Å²) < 4.78 is 0. The summed E-state index contributed by atoms with van der Waals surface area (Å²) in [5.74, 6) is 0.743. The van der Waals surface area contributed by atoms with Crippen molar-refractivity contribution < 1.29 is 9.90 Å². The zero-order valence-corrected chi connectivity index (χ0v) is 12.6. The van der Waals surface area contributed by atoms with E-state index in [1.165, 1.54) is 23.3 Å². The predicted molar refractivity (Wildman–Crippen MR) is 78.8 cm³/mol. The number of aliphatic hydroxyl groups is 1. The maximum Gasteiger partial charge on any atom is 0.261 e. The standard InChI is InChI=1S/C15H23NO2S/c1-3-10-5-6-13-11(7-10)8-14(19-13)15(18)16-12(4-2)9-17/h8,10,12,17H,3-7,9H2,1-2H3,(H,16,18)/t10?,12-/m1/s1. The number of thiophene rings is 1. The van der Waals surface area contributed by atoms with Gasteiger partial charge in [-0.15, -0.1) is 11.3 Å². The van der Waals surface area contributed by atoms with E-state index < -0.39 is 0 Å². The molecule has 0 spiro atoms. The van der Waals surface area contributed by atoms with Crippen molar-refractivity contribution in [2.75, 3.05) is 6.61 Å². The second-order valence-corrected chi connectivity index (χ2v) is 6.47. The van der Waals surface area contributed by atoms with Gasteiger partial charge in [-0.1, -0.05) is 20.3 Å². The van der Waals surface area contributed by atoms with Crippen molar-refractivity contribution in [3.63, 3.8) is 0 Å². The van der Waals surface area contributed by atoms with Gasteiger partial charge in [0.05, 0.1) is 17.5 Å². The molecule has 1 unspecified atom stereocenters. The minimum absolute atomic E-state index is 0.00520. The van der Waals surface area contributed by atoms with Crippen LogP contribution in [0.1, 0.15) is 53.2 Å². The molecule has 2 N–H and O–H groups in total. The van der Waals surface area contributed by atoms with Crippen LogP contribution in [0, 0.1) is 5.92 Å². The van der Waals surface area contributed by atoms with E-state index in [1.807, 2.05) is 6.92 Å². The average Bonchev–Trinajstić information content (AvgIpc) is 2.87. The molecule has 106 valence electrons. The molecule has 2 rings (SSSR count). The lowest BCUT2D eigenvalue weighted by Gasteiger charge is -2.19. The van der Waals surface area contributed by atoms with Crippen LogP contribution >= 0.6 is 11.3 Å². The minimum atomic E-state index is -0.130. The molecule has 0 aromatic carbocycles. The van der Waals surface area contributed by atoms with Crippen LogP contribution in [0.15, 0.2) is 6.07 Å². The van der Waals surface area contributed by atoms with E-state index in [2.05, 4.69) is 18.3 Å². The van der Waals surface area contributed by atoms with Gasteiger partial charge in [-0.25, -0.2) is 0 Å². The smallest absolute Gasteiger partial charge is 0.261 e. The minimum Gasteiger partial charge on any atom is -0.394 e. The van der Waals surface area contributed by atoms with Gasteiger partial charge in [0.1, 0.15) is 0 Å². The first-order valence-corrected chi connectivity index (χ1v) is 8.02. The fraction of sp³-hybridized carbons (Fsp3) is 0.667. The van der Waals surface area contributed by atoms with E-state index in [9.17, 15) is 4.79 Å². The van der Waals surface area contributed by atoms with Crippen molar-refractivity contribution in [1.29, 1.82) is 0 Å². The Morgan fingerprint density at radius 2 is 2.37 bits per heavy atom. The molecule has 1 aromatic heterocycles. The molecule has 1 aromatic rings. The van der Waals surface area contributed by atoms with Gasteiger partial charge in [0, 0.05) is 4.88 Å². The monoisotopic (exact) mass is 281 g/mol. The molecular formula is C15H23NO2S. The van der Waals surface area contributed by atoms with Gasteiger partial charge in [-0.05, 0) is 43.2 Å². The maximum absolute atomic E-state index is 12.1. The third-order valence-electron chi connectivity index (χ3n) is 4.03. The Kier molecular flexibility index (Phi) is 4.99. The lowest BCUT2D eigenvalue weighted by molar-refractivity contribution is 0.0919. The number of aryl methyl sites for hydroxylation is 1. The fourth-order valence-corrected chi connectivity index (χ4v) is 3.70. The van der Waals surface area contributed by atoms with Gasteiger partial charge in [0.15, 0.2) is 0 Å². The highest BCUT2D eigenvalue weighted by molar-refractivity contribution is 7.14. The molecule has 1 heterocycles. The highest BCUT2D eigenvalue weighted by Gasteiger charge is 2.22. The van der Waals surface area contributed by atoms with Gasteiger partial charge in [0.25, 0.3) is 5.91 Å². The molecule has 0 aliphatic heterocycles. The Hall–Kier alpha value is -0.870. The number of aliphatic hydroxyl groups excluding tert-OH is 1. The third kappa shape index (κ3) is 3.37. The normalized spacial score (nSPS) is 19.8. The van der Waals surface area contributed by atoms with Crippen molar-refractivity contribution in [1.82, 2.24) is 5.32 Å². The zero-order chi connectivity index (χ0) is 13.8. The first-order chi connectivity index (χ1) is 9.17. The SMILES string of the molecule is CCC1CCc2sc(C(=O)N[C@H](CC)CO)cc2C1. The number of rotatable bonds is 5. The van der Waals surface area contributed by atoms with Crippen molar-refractivity contribution >= 4 is 17.2 Å². The summed E-state index contributed by atoms with van der Waals surface area (Å²) in [7, 11) is 0. The quantitative estimate of drug-likeness (QED) is 0.872. The predicted octanol–water partition coefficient (Wildman–Crippen LogP) is 2.76. The van der Waals surface area contributed by atoms with Crippen LogP contribution < -0.4 is 5.32 Å². The van der Waals surface area contributed by atoms with Crippen molar-refractivity contribution in [3.8, 4) is 0 Å². The second-order valence-electron chi connectivity index (χ2n) is 5.34. The van der Waals surface area contributed by atoms with Gasteiger partial charge < -0.3 is 10.4 Å². The molecule has 1 aliphatic carbocycles. The fourth-order valence-electron chi connectivity index (χ4n) is 2.59. The Balaban J connectivity index is 2.06. The zero-order valence-electron chi connectivity index (χ0n) is 11.7. The number of carbonyl (C=O) groups is 1. The summed E-state index contributed by atoms with van der Waals surface area (Å²) in [6, 6.07) is 1.93. The molecule has 4 heteroatoms. The van der Waals surface area contributed by atoms with Crippen LogP contribution in [0.2, 0.25) is 0 Å². The maximum atomic E-state index is 12.1. The molecule has 0 saturated carbocycles. The summed E-state index contributed by atoms with van der Waals surface area (Å²) in [4.78, 5) is 14.3. The Morgan fingerprint density at radius 1 is 1.58 bits per heavy atom. The molecule has 2 atom stereocenters. The van der Waals surface area contributed by atoms with Crippen LogP contribution in [-0.4, -0.2) is 23.7 Å². The molecule has 0 fully saturated rings. The second kappa shape index (κ2) is 6.53. The molecule has 1 amide bonds. The highest BCUT2D eigenvalue weighted by atomic mass is 32.1. The number of hydrogen-bond acceptors (Lipinski definition) is 3. The first-order valence-electron chi connectivity index (χ1n) is 7.21. The van der Waals surface area contributed by atoms with E-state index in [-0.39, 0.29) is 18.6 Å². The number of carbonyl (C=O) groups excluding carboxylic acids is 1. The Morgan fingerprint density at radius 3 is 3.00 bits per heavy atom. The summed E-state index contributed by atoms with van der Waals surface area (Å²) in [5.41, 5.74) is 1.37. The molecular weight excluding hydrogens is 258 g/mol.